The minimum absolute atomic E-state index is 0.137. The molecule has 12 heteroatoms. The van der Waals surface area contributed by atoms with E-state index in [1.54, 1.807) is 0 Å². The summed E-state index contributed by atoms with van der Waals surface area (Å²) in [7, 11) is -1.54. The number of nitrogens with zero attached hydrogens (tertiary/aromatic N) is 1. The smallest absolute Gasteiger partial charge is 0.335 e. The maximum atomic E-state index is 15.1. The van der Waals surface area contributed by atoms with Gasteiger partial charge in [-0.25, -0.2) is 4.39 Å². The Labute approximate surface area is 161 Å². The molecule has 2 rings (SSSR count). The van der Waals surface area contributed by atoms with E-state index in [0.717, 1.165) is 4.90 Å². The number of nitrogens with one attached hydrogen (secondary N) is 1. The van der Waals surface area contributed by atoms with Gasteiger partial charge in [-0.05, 0) is 6.92 Å². The summed E-state index contributed by atoms with van der Waals surface area (Å²) in [6.07, 6.45) is -6.39. The van der Waals surface area contributed by atoms with Gasteiger partial charge in [0, 0.05) is 18.2 Å². The molecule has 1 saturated heterocycles. The maximum absolute atomic E-state index is 15.1. The van der Waals surface area contributed by atoms with Crippen molar-refractivity contribution in [3.63, 3.8) is 0 Å². The topological polar surface area (TPSA) is 142 Å². The van der Waals surface area contributed by atoms with Crippen molar-refractivity contribution in [2.45, 2.75) is 57.1 Å². The van der Waals surface area contributed by atoms with Crippen molar-refractivity contribution in [3.05, 3.63) is 11.8 Å². The fraction of sp³-hybridized carbons (Fsp3) is 0.688. The molecule has 1 amide bonds. The van der Waals surface area contributed by atoms with Crippen LogP contribution in [0.3, 0.4) is 0 Å². The van der Waals surface area contributed by atoms with Gasteiger partial charge in [-0.3, -0.25) is 14.4 Å². The Bertz CT molecular complexity index is 688. The number of carbonyl (C=O) groups excluding carboxylic acids is 2. The lowest BCUT2D eigenvalue weighted by molar-refractivity contribution is -0.156. The second-order valence-corrected chi connectivity index (χ2v) is 8.31. The highest BCUT2D eigenvalue weighted by Crippen LogP contribution is 2.34. The number of rotatable bonds is 8. The summed E-state index contributed by atoms with van der Waals surface area (Å²) in [4.78, 5) is 35.1. The Morgan fingerprint density at radius 3 is 2.71 bits per heavy atom. The van der Waals surface area contributed by atoms with Crippen LogP contribution in [0.15, 0.2) is 11.8 Å². The molecule has 0 aliphatic carbocycles. The van der Waals surface area contributed by atoms with E-state index in [1.807, 2.05) is 0 Å². The number of carboxylic acids is 1. The fourth-order valence-electron chi connectivity index (χ4n) is 2.91. The molecule has 0 saturated carbocycles. The molecule has 28 heavy (non-hydrogen) atoms. The first kappa shape index (κ1) is 22.2. The van der Waals surface area contributed by atoms with Crippen LogP contribution in [0.4, 0.5) is 4.39 Å². The number of esters is 1. The molecule has 2 aliphatic rings. The largest absolute Gasteiger partial charge is 0.481 e. The van der Waals surface area contributed by atoms with E-state index in [2.05, 4.69) is 5.32 Å². The normalized spacial score (nSPS) is 30.5. The molecule has 10 nitrogen and oxygen atoms in total. The molecule has 0 spiro atoms. The van der Waals surface area contributed by atoms with Crippen molar-refractivity contribution >= 4 is 25.6 Å². The first-order valence-corrected chi connectivity index (χ1v) is 10.5. The number of amides is 1. The minimum Gasteiger partial charge on any atom is -0.481 e. The number of aliphatic hydroxyl groups excluding tert-OH is 1. The number of hydrogen-bond acceptors (Lipinski definition) is 8. The predicted octanol–water partition coefficient (Wildman–Crippen LogP) is 0.285. The summed E-state index contributed by atoms with van der Waals surface area (Å²) in [6.45, 7) is 2.97. The Morgan fingerprint density at radius 2 is 2.11 bits per heavy atom. The van der Waals surface area contributed by atoms with Crippen LogP contribution in [-0.2, 0) is 28.4 Å². The van der Waals surface area contributed by atoms with Gasteiger partial charge in [0.1, 0.15) is 18.9 Å². The predicted molar refractivity (Wildman–Crippen MR) is 93.1 cm³/mol. The number of ether oxygens (including phenoxy) is 2. The summed E-state index contributed by atoms with van der Waals surface area (Å²) in [5.74, 6) is -2.61. The third-order valence-electron chi connectivity index (χ3n) is 4.34. The third-order valence-corrected chi connectivity index (χ3v) is 5.23. The average Bonchev–Trinajstić information content (AvgIpc) is 2.90. The van der Waals surface area contributed by atoms with E-state index in [0.29, 0.717) is 0 Å². The van der Waals surface area contributed by atoms with Crippen LogP contribution >= 0.6 is 7.80 Å². The Balaban J connectivity index is 2.16. The van der Waals surface area contributed by atoms with E-state index in [1.165, 1.54) is 19.8 Å². The standard InChI is InChI=1S/C16H22FN2O8P/c1-8-7-19(16(24)18-14(8)23)15-12(17)13(9(26-15)5-6-28(2)25)27-11(22)4-3-10(20)21/h7,9,12-13,15-16,24H,3-6H2,1-2H3,(H-,18,20,21,23)/p+1. The molecule has 2 aliphatic heterocycles. The Kier molecular flexibility index (Phi) is 7.45. The van der Waals surface area contributed by atoms with Gasteiger partial charge in [0.25, 0.3) is 5.91 Å². The van der Waals surface area contributed by atoms with Crippen molar-refractivity contribution in [1.82, 2.24) is 10.2 Å². The molecule has 3 N–H and O–H groups in total. The van der Waals surface area contributed by atoms with Crippen molar-refractivity contribution in [3.8, 4) is 0 Å². The molecular weight excluding hydrogens is 398 g/mol. The van der Waals surface area contributed by atoms with Gasteiger partial charge in [0.15, 0.2) is 18.5 Å². The van der Waals surface area contributed by atoms with Gasteiger partial charge in [-0.1, -0.05) is 4.57 Å². The van der Waals surface area contributed by atoms with Crippen LogP contribution in [0.1, 0.15) is 26.2 Å². The van der Waals surface area contributed by atoms with Crippen molar-refractivity contribution in [2.24, 2.45) is 0 Å². The van der Waals surface area contributed by atoms with E-state index in [4.69, 9.17) is 14.6 Å². The number of carboxylic acid groups (broad SMARTS) is 1. The number of aliphatic hydroxyl groups is 1. The lowest BCUT2D eigenvalue weighted by Gasteiger charge is -2.36. The highest BCUT2D eigenvalue weighted by atomic mass is 31.1. The quantitative estimate of drug-likeness (QED) is 0.372. The first-order valence-electron chi connectivity index (χ1n) is 8.64. The zero-order chi connectivity index (χ0) is 21.0. The number of alkyl halides is 1. The zero-order valence-corrected chi connectivity index (χ0v) is 16.3. The van der Waals surface area contributed by atoms with Gasteiger partial charge in [-0.2, -0.15) is 0 Å². The maximum Gasteiger partial charge on any atom is 0.335 e. The van der Waals surface area contributed by atoms with E-state index in [-0.39, 0.29) is 18.2 Å². The molecule has 0 aromatic rings. The number of hydrogen-bond donors (Lipinski definition) is 3. The monoisotopic (exact) mass is 421 g/mol. The SMILES string of the molecule is CC1=CN(C2OC(CC[P+](C)=O)C(OC(=O)CCC(=O)O)C2F)C(O)NC1=O. The van der Waals surface area contributed by atoms with Gasteiger partial charge >= 0.3 is 19.7 Å². The molecule has 156 valence electrons. The first-order chi connectivity index (χ1) is 13.1. The van der Waals surface area contributed by atoms with Crippen LogP contribution in [0.25, 0.3) is 0 Å². The zero-order valence-electron chi connectivity index (χ0n) is 15.4. The van der Waals surface area contributed by atoms with Gasteiger partial charge < -0.3 is 29.9 Å². The summed E-state index contributed by atoms with van der Waals surface area (Å²) >= 11 is 0. The second-order valence-electron chi connectivity index (χ2n) is 6.60. The molecule has 2 heterocycles. The number of halogens is 1. The number of carbonyl (C=O) groups is 3. The lowest BCUT2D eigenvalue weighted by atomic mass is 10.1. The van der Waals surface area contributed by atoms with E-state index < -0.39 is 69.4 Å². The van der Waals surface area contributed by atoms with Gasteiger partial charge in [-0.15, -0.1) is 0 Å². The second kappa shape index (κ2) is 9.40. The molecule has 0 aromatic carbocycles. The van der Waals surface area contributed by atoms with Crippen LogP contribution < -0.4 is 5.32 Å². The summed E-state index contributed by atoms with van der Waals surface area (Å²) in [5.41, 5.74) is 0.219. The van der Waals surface area contributed by atoms with Gasteiger partial charge in [0.05, 0.1) is 12.8 Å². The summed E-state index contributed by atoms with van der Waals surface area (Å²) < 4.78 is 37.2. The minimum atomic E-state index is -1.89. The highest BCUT2D eigenvalue weighted by molar-refractivity contribution is 7.43. The Hall–Kier alpha value is -2.10. The van der Waals surface area contributed by atoms with Crippen molar-refractivity contribution in [1.29, 1.82) is 0 Å². The molecule has 0 aromatic heterocycles. The summed E-state index contributed by atoms with van der Waals surface area (Å²) in [6, 6.07) is 0. The van der Waals surface area contributed by atoms with Crippen molar-refractivity contribution < 1.29 is 43.0 Å². The van der Waals surface area contributed by atoms with Crippen LogP contribution in [0.5, 0.6) is 0 Å². The van der Waals surface area contributed by atoms with Crippen LogP contribution in [0, 0.1) is 0 Å². The summed E-state index contributed by atoms with van der Waals surface area (Å²) in [5, 5.41) is 20.9. The third kappa shape index (κ3) is 5.46. The van der Waals surface area contributed by atoms with E-state index >= 15 is 4.39 Å². The molecular formula is C16H23FN2O8P+. The van der Waals surface area contributed by atoms with Crippen LogP contribution in [0.2, 0.25) is 0 Å². The molecule has 0 radical (unpaired) electrons. The lowest BCUT2D eigenvalue weighted by Crippen LogP contribution is -2.55. The van der Waals surface area contributed by atoms with E-state index in [9.17, 15) is 24.1 Å². The highest BCUT2D eigenvalue weighted by Gasteiger charge is 2.51. The van der Waals surface area contributed by atoms with Crippen molar-refractivity contribution in [2.75, 3.05) is 12.8 Å². The number of aliphatic carboxylic acids is 1. The Morgan fingerprint density at radius 1 is 1.43 bits per heavy atom. The van der Waals surface area contributed by atoms with Gasteiger partial charge in [0.2, 0.25) is 6.35 Å². The average molecular weight is 421 g/mol. The molecule has 6 unspecified atom stereocenters. The molecule has 0 bridgehead atoms. The molecule has 1 fully saturated rings. The fourth-order valence-corrected chi connectivity index (χ4v) is 3.52. The van der Waals surface area contributed by atoms with Crippen LogP contribution in [-0.4, -0.2) is 76.7 Å². The molecule has 6 atom stereocenters.